The van der Waals surface area contributed by atoms with E-state index in [-0.39, 0.29) is 5.91 Å². The molecule has 6 nitrogen and oxygen atoms in total. The first kappa shape index (κ1) is 26.5. The number of benzene rings is 2. The predicted molar refractivity (Wildman–Crippen MR) is 148 cm³/mol. The number of unbranched alkanes of at least 4 members (excludes halogenated alkanes) is 3. The maximum Gasteiger partial charge on any atom is 0.286 e. The van der Waals surface area contributed by atoms with Crippen LogP contribution in [0.15, 0.2) is 71.3 Å². The van der Waals surface area contributed by atoms with Crippen molar-refractivity contribution in [2.75, 3.05) is 13.2 Å². The van der Waals surface area contributed by atoms with Crippen molar-refractivity contribution >= 4 is 16.9 Å². The molecule has 1 unspecified atom stereocenters. The van der Waals surface area contributed by atoms with Gasteiger partial charge in [0.25, 0.3) is 5.91 Å². The van der Waals surface area contributed by atoms with E-state index in [4.69, 9.17) is 14.1 Å². The third-order valence-electron chi connectivity index (χ3n) is 6.95. The van der Waals surface area contributed by atoms with Crippen molar-refractivity contribution < 1.29 is 13.9 Å². The minimum atomic E-state index is -0.154. The van der Waals surface area contributed by atoms with Crippen LogP contribution in [0.1, 0.15) is 80.2 Å². The Hall–Kier alpha value is -3.54. The molecule has 0 aliphatic carbocycles. The number of para-hydroxylation sites is 2. The third kappa shape index (κ3) is 7.48. The highest BCUT2D eigenvalue weighted by Crippen LogP contribution is 2.22. The summed E-state index contributed by atoms with van der Waals surface area (Å²) in [4.78, 5) is 16.9. The van der Waals surface area contributed by atoms with Gasteiger partial charge in [0.2, 0.25) is 0 Å². The molecule has 0 fully saturated rings. The summed E-state index contributed by atoms with van der Waals surface area (Å²) in [5, 5.41) is 2.91. The van der Waals surface area contributed by atoms with Crippen molar-refractivity contribution in [1.82, 2.24) is 14.9 Å². The molecule has 2 heterocycles. The number of imidazole rings is 1. The van der Waals surface area contributed by atoms with Gasteiger partial charge in [0, 0.05) is 19.5 Å². The number of rotatable bonds is 15. The quantitative estimate of drug-likeness (QED) is 0.176. The van der Waals surface area contributed by atoms with Gasteiger partial charge in [0.15, 0.2) is 5.76 Å². The molecule has 4 aromatic rings. The Morgan fingerprint density at radius 3 is 2.62 bits per heavy atom. The topological polar surface area (TPSA) is 69.3 Å². The summed E-state index contributed by atoms with van der Waals surface area (Å²) >= 11 is 0. The zero-order valence-corrected chi connectivity index (χ0v) is 22.1. The average molecular weight is 502 g/mol. The summed E-state index contributed by atoms with van der Waals surface area (Å²) in [5.41, 5.74) is 3.62. The van der Waals surface area contributed by atoms with Crippen LogP contribution in [0.25, 0.3) is 11.0 Å². The van der Waals surface area contributed by atoms with Crippen LogP contribution in [-0.4, -0.2) is 28.6 Å². The molecule has 1 N–H and O–H groups in total. The molecular weight excluding hydrogens is 462 g/mol. The fraction of sp³-hybridized carbons (Fsp3) is 0.419. The summed E-state index contributed by atoms with van der Waals surface area (Å²) in [6.07, 6.45) is 8.63. The van der Waals surface area contributed by atoms with Crippen LogP contribution < -0.4 is 10.1 Å². The van der Waals surface area contributed by atoms with Crippen LogP contribution in [0.2, 0.25) is 0 Å². The minimum Gasteiger partial charge on any atom is -0.494 e. The standard InChI is InChI=1S/C31H39N3O3/c1-3-24(2)25-16-18-26(19-17-25)36-22-10-9-21-34-28-13-7-6-12-27(28)33-30(34)15-5-4-8-20-32-31(35)29-14-11-23-37-29/h6-7,11-14,16-19,23-24H,3-5,8-10,15,20-22H2,1-2H3,(H,32,35). The lowest BCUT2D eigenvalue weighted by molar-refractivity contribution is 0.0925. The highest BCUT2D eigenvalue weighted by molar-refractivity contribution is 5.91. The van der Waals surface area contributed by atoms with E-state index in [0.29, 0.717) is 24.8 Å². The molecule has 0 bridgehead atoms. The summed E-state index contributed by atoms with van der Waals surface area (Å²) < 4.78 is 13.5. The lowest BCUT2D eigenvalue weighted by atomic mass is 9.99. The molecule has 4 rings (SSSR count). The number of nitrogens with one attached hydrogen (secondary N) is 1. The van der Waals surface area contributed by atoms with Gasteiger partial charge in [-0.15, -0.1) is 0 Å². The first-order chi connectivity index (χ1) is 18.2. The van der Waals surface area contributed by atoms with E-state index in [1.165, 1.54) is 17.3 Å². The number of furan rings is 1. The van der Waals surface area contributed by atoms with Crippen molar-refractivity contribution in [2.45, 2.75) is 71.3 Å². The summed E-state index contributed by atoms with van der Waals surface area (Å²) in [6.45, 7) is 6.78. The Morgan fingerprint density at radius 2 is 1.84 bits per heavy atom. The third-order valence-corrected chi connectivity index (χ3v) is 6.95. The lowest BCUT2D eigenvalue weighted by Gasteiger charge is -2.12. The van der Waals surface area contributed by atoms with Gasteiger partial charge in [-0.25, -0.2) is 4.98 Å². The molecule has 2 aromatic carbocycles. The smallest absolute Gasteiger partial charge is 0.286 e. The number of hydrogen-bond acceptors (Lipinski definition) is 4. The maximum atomic E-state index is 12.0. The van der Waals surface area contributed by atoms with Crippen molar-refractivity contribution in [3.8, 4) is 5.75 Å². The van der Waals surface area contributed by atoms with E-state index in [1.54, 1.807) is 12.1 Å². The summed E-state index contributed by atoms with van der Waals surface area (Å²) in [7, 11) is 0. The van der Waals surface area contributed by atoms with Gasteiger partial charge in [-0.3, -0.25) is 4.79 Å². The molecule has 37 heavy (non-hydrogen) atoms. The zero-order valence-electron chi connectivity index (χ0n) is 22.1. The minimum absolute atomic E-state index is 0.154. The molecule has 0 aliphatic rings. The molecule has 0 spiro atoms. The number of carbonyl (C=O) groups is 1. The van der Waals surface area contributed by atoms with Gasteiger partial charge in [0.1, 0.15) is 11.6 Å². The van der Waals surface area contributed by atoms with Gasteiger partial charge in [-0.2, -0.15) is 0 Å². The molecule has 0 radical (unpaired) electrons. The summed E-state index contributed by atoms with van der Waals surface area (Å²) in [6, 6.07) is 20.3. The summed E-state index contributed by atoms with van der Waals surface area (Å²) in [5.74, 6) is 2.88. The number of aromatic nitrogens is 2. The van der Waals surface area contributed by atoms with E-state index in [9.17, 15) is 4.79 Å². The second kappa shape index (κ2) is 13.7. The number of aryl methyl sites for hydroxylation is 2. The normalized spacial score (nSPS) is 12.1. The highest BCUT2D eigenvalue weighted by atomic mass is 16.5. The Balaban J connectivity index is 1.21. The lowest BCUT2D eigenvalue weighted by Crippen LogP contribution is -2.23. The van der Waals surface area contributed by atoms with Crippen LogP contribution >= 0.6 is 0 Å². The Morgan fingerprint density at radius 1 is 1.00 bits per heavy atom. The Kier molecular flexibility index (Phi) is 9.81. The number of carbonyl (C=O) groups excluding carboxylic acids is 1. The molecule has 0 saturated carbocycles. The molecule has 1 amide bonds. The molecule has 0 saturated heterocycles. The van der Waals surface area contributed by atoms with E-state index in [0.717, 1.165) is 68.6 Å². The molecule has 0 aliphatic heterocycles. The van der Waals surface area contributed by atoms with Crippen molar-refractivity contribution in [3.63, 3.8) is 0 Å². The monoisotopic (exact) mass is 501 g/mol. The molecule has 6 heteroatoms. The fourth-order valence-corrected chi connectivity index (χ4v) is 4.54. The van der Waals surface area contributed by atoms with Crippen LogP contribution in [0.4, 0.5) is 0 Å². The zero-order chi connectivity index (χ0) is 25.9. The Bertz CT molecular complexity index is 1230. The van der Waals surface area contributed by atoms with Gasteiger partial charge in [0.05, 0.1) is 23.9 Å². The largest absolute Gasteiger partial charge is 0.494 e. The maximum absolute atomic E-state index is 12.0. The van der Waals surface area contributed by atoms with Crippen LogP contribution in [0.3, 0.4) is 0 Å². The molecule has 2 aromatic heterocycles. The number of ether oxygens (including phenoxy) is 1. The molecule has 196 valence electrons. The van der Waals surface area contributed by atoms with E-state index < -0.39 is 0 Å². The highest BCUT2D eigenvalue weighted by Gasteiger charge is 2.11. The first-order valence-corrected chi connectivity index (χ1v) is 13.6. The van der Waals surface area contributed by atoms with E-state index in [2.05, 4.69) is 66.2 Å². The SMILES string of the molecule is CCC(C)c1ccc(OCCCCn2c(CCCCCNC(=O)c3ccco3)nc3ccccc32)cc1. The number of fused-ring (bicyclic) bond motifs is 1. The first-order valence-electron chi connectivity index (χ1n) is 13.6. The predicted octanol–water partition coefficient (Wildman–Crippen LogP) is 7.14. The van der Waals surface area contributed by atoms with Crippen molar-refractivity contribution in [3.05, 3.63) is 84.1 Å². The van der Waals surface area contributed by atoms with E-state index >= 15 is 0 Å². The molecule has 1 atom stereocenters. The average Bonchev–Trinajstić information content (AvgIpc) is 3.59. The number of amides is 1. The second-order valence-corrected chi connectivity index (χ2v) is 9.65. The van der Waals surface area contributed by atoms with Gasteiger partial charge in [-0.1, -0.05) is 44.5 Å². The Labute approximate surface area is 220 Å². The van der Waals surface area contributed by atoms with Gasteiger partial charge >= 0.3 is 0 Å². The fourth-order valence-electron chi connectivity index (χ4n) is 4.54. The van der Waals surface area contributed by atoms with Crippen LogP contribution in [-0.2, 0) is 13.0 Å². The van der Waals surface area contributed by atoms with Crippen LogP contribution in [0, 0.1) is 0 Å². The van der Waals surface area contributed by atoms with Gasteiger partial charge in [-0.05, 0) is 80.0 Å². The van der Waals surface area contributed by atoms with Crippen LogP contribution in [0.5, 0.6) is 5.75 Å². The van der Waals surface area contributed by atoms with Crippen molar-refractivity contribution in [2.24, 2.45) is 0 Å². The second-order valence-electron chi connectivity index (χ2n) is 9.65. The number of hydrogen-bond donors (Lipinski definition) is 1. The van der Waals surface area contributed by atoms with E-state index in [1.807, 2.05) is 6.07 Å². The van der Waals surface area contributed by atoms with Gasteiger partial charge < -0.3 is 19.0 Å². The number of nitrogens with zero attached hydrogens (tertiary/aromatic N) is 2. The molecular formula is C31H39N3O3. The van der Waals surface area contributed by atoms with Crippen molar-refractivity contribution in [1.29, 1.82) is 0 Å².